The highest BCUT2D eigenvalue weighted by molar-refractivity contribution is 5.15. The quantitative estimate of drug-likeness (QED) is 0.422. The first-order valence-corrected chi connectivity index (χ1v) is 9.84. The Balaban J connectivity index is 0.00000288. The minimum Gasteiger partial charge on any atom is -1.00 e. The smallest absolute Gasteiger partial charge is 0.123 e. The van der Waals surface area contributed by atoms with Crippen LogP contribution in [0.3, 0.4) is 0 Å². The van der Waals surface area contributed by atoms with Gasteiger partial charge in [0, 0.05) is 18.4 Å². The molecule has 0 spiro atoms. The second kappa shape index (κ2) is 11.9. The summed E-state index contributed by atoms with van der Waals surface area (Å²) < 4.78 is 14.3. The second-order valence-corrected chi connectivity index (χ2v) is 7.48. The van der Waals surface area contributed by atoms with E-state index in [0.29, 0.717) is 0 Å². The molecule has 3 heteroatoms. The molecule has 0 aromatic heterocycles. The highest BCUT2D eigenvalue weighted by atomic mass is 35.5. The highest BCUT2D eigenvalue weighted by Gasteiger charge is 2.31. The van der Waals surface area contributed by atoms with Crippen LogP contribution in [-0.4, -0.2) is 24.1 Å². The molecule has 0 saturated carbocycles. The number of halogens is 2. The van der Waals surface area contributed by atoms with Crippen LogP contribution in [-0.2, 0) is 6.54 Å². The molecule has 1 heterocycles. The second-order valence-electron chi connectivity index (χ2n) is 7.48. The molecule has 1 aromatic rings. The van der Waals surface area contributed by atoms with Crippen molar-refractivity contribution in [1.29, 1.82) is 0 Å². The molecular weight excluding hydrogens is 321 g/mol. The van der Waals surface area contributed by atoms with Crippen molar-refractivity contribution in [3.8, 4) is 0 Å². The molecule has 0 unspecified atom stereocenters. The number of likely N-dealkylation sites (tertiary alicyclic amines) is 1. The zero-order valence-electron chi connectivity index (χ0n) is 15.4. The standard InChI is InChI=1S/C21H35FN.ClH/c1-2-3-4-5-6-7-8-9-16-23(17-10-11-18-23)19-20-12-14-21(22)15-13-20;/h12-15H,2-11,16-19H2,1H3;1H/q+1;/p-1. The van der Waals surface area contributed by atoms with E-state index >= 15 is 0 Å². The maximum atomic E-state index is 13.1. The normalized spacial score (nSPS) is 16.1. The van der Waals surface area contributed by atoms with E-state index in [2.05, 4.69) is 6.92 Å². The number of nitrogens with zero attached hydrogens (tertiary/aromatic N) is 1. The zero-order valence-corrected chi connectivity index (χ0v) is 16.2. The third-order valence-corrected chi connectivity index (χ3v) is 5.43. The number of unbranched alkanes of at least 4 members (excludes halogenated alkanes) is 7. The van der Waals surface area contributed by atoms with Crippen LogP contribution in [0.5, 0.6) is 0 Å². The Morgan fingerprint density at radius 2 is 1.38 bits per heavy atom. The average molecular weight is 356 g/mol. The topological polar surface area (TPSA) is 0 Å². The molecule has 1 nitrogen and oxygen atoms in total. The van der Waals surface area contributed by atoms with E-state index in [1.807, 2.05) is 12.1 Å². The summed E-state index contributed by atoms with van der Waals surface area (Å²) >= 11 is 0. The molecule has 0 amide bonds. The van der Waals surface area contributed by atoms with Gasteiger partial charge in [0.05, 0.1) is 19.6 Å². The maximum Gasteiger partial charge on any atom is 0.123 e. The van der Waals surface area contributed by atoms with Gasteiger partial charge in [-0.25, -0.2) is 4.39 Å². The number of hydrogen-bond donors (Lipinski definition) is 0. The third-order valence-electron chi connectivity index (χ3n) is 5.43. The van der Waals surface area contributed by atoms with Crippen LogP contribution in [0.15, 0.2) is 24.3 Å². The number of quaternary nitrogens is 1. The summed E-state index contributed by atoms with van der Waals surface area (Å²) in [4.78, 5) is 0. The van der Waals surface area contributed by atoms with E-state index < -0.39 is 0 Å². The van der Waals surface area contributed by atoms with E-state index in [1.165, 1.54) is 93.9 Å². The summed E-state index contributed by atoms with van der Waals surface area (Å²) in [6.07, 6.45) is 13.9. The van der Waals surface area contributed by atoms with Gasteiger partial charge < -0.3 is 16.9 Å². The van der Waals surface area contributed by atoms with Gasteiger partial charge in [-0.05, 0) is 25.0 Å². The van der Waals surface area contributed by atoms with E-state index in [1.54, 1.807) is 12.1 Å². The van der Waals surface area contributed by atoms with E-state index in [0.717, 1.165) is 6.54 Å². The molecule has 0 radical (unpaired) electrons. The Kier molecular flexibility index (Phi) is 10.6. The number of hydrogen-bond acceptors (Lipinski definition) is 0. The first-order chi connectivity index (χ1) is 11.2. The van der Waals surface area contributed by atoms with Gasteiger partial charge in [0.2, 0.25) is 0 Å². The van der Waals surface area contributed by atoms with Crippen molar-refractivity contribution in [1.82, 2.24) is 0 Å². The molecule has 1 aliphatic heterocycles. The van der Waals surface area contributed by atoms with Crippen molar-refractivity contribution in [3.05, 3.63) is 35.6 Å². The summed E-state index contributed by atoms with van der Waals surface area (Å²) in [7, 11) is 0. The van der Waals surface area contributed by atoms with Gasteiger partial charge in [-0.1, -0.05) is 57.6 Å². The van der Waals surface area contributed by atoms with Crippen LogP contribution < -0.4 is 12.4 Å². The molecule has 0 aliphatic carbocycles. The van der Waals surface area contributed by atoms with Gasteiger partial charge in [0.25, 0.3) is 0 Å². The minimum atomic E-state index is -0.121. The number of rotatable bonds is 11. The Morgan fingerprint density at radius 3 is 1.96 bits per heavy atom. The van der Waals surface area contributed by atoms with Gasteiger partial charge in [0.15, 0.2) is 0 Å². The summed E-state index contributed by atoms with van der Waals surface area (Å²) in [6.45, 7) is 7.31. The lowest BCUT2D eigenvalue weighted by molar-refractivity contribution is -0.930. The Morgan fingerprint density at radius 1 is 0.833 bits per heavy atom. The van der Waals surface area contributed by atoms with E-state index in [4.69, 9.17) is 0 Å². The number of benzene rings is 1. The SMILES string of the molecule is CCCCCCCCCC[N+]1(Cc2ccc(F)cc2)CCCC1.[Cl-]. The molecule has 0 atom stereocenters. The lowest BCUT2D eigenvalue weighted by Crippen LogP contribution is -3.00. The molecule has 1 aromatic carbocycles. The lowest BCUT2D eigenvalue weighted by Gasteiger charge is -2.34. The highest BCUT2D eigenvalue weighted by Crippen LogP contribution is 2.25. The first-order valence-electron chi connectivity index (χ1n) is 9.84. The first kappa shape index (κ1) is 21.4. The fourth-order valence-electron chi connectivity index (χ4n) is 4.03. The van der Waals surface area contributed by atoms with Crippen LogP contribution in [0, 0.1) is 5.82 Å². The van der Waals surface area contributed by atoms with Crippen molar-refractivity contribution in [2.75, 3.05) is 19.6 Å². The fraction of sp³-hybridized carbons (Fsp3) is 0.714. The largest absolute Gasteiger partial charge is 1.00 e. The van der Waals surface area contributed by atoms with Crippen LogP contribution >= 0.6 is 0 Å². The average Bonchev–Trinajstić information content (AvgIpc) is 3.01. The summed E-state index contributed by atoms with van der Waals surface area (Å²) in [5.74, 6) is -0.121. The van der Waals surface area contributed by atoms with Crippen molar-refractivity contribution < 1.29 is 21.3 Å². The van der Waals surface area contributed by atoms with Crippen molar-refractivity contribution in [2.45, 2.75) is 77.7 Å². The molecule has 1 saturated heterocycles. The lowest BCUT2D eigenvalue weighted by atomic mass is 10.1. The molecule has 1 fully saturated rings. The van der Waals surface area contributed by atoms with Crippen LogP contribution in [0.2, 0.25) is 0 Å². The predicted octanol–water partition coefficient (Wildman–Crippen LogP) is 3.08. The summed E-state index contributed by atoms with van der Waals surface area (Å²) in [5.41, 5.74) is 1.30. The Bertz CT molecular complexity index is 426. The molecule has 0 N–H and O–H groups in total. The summed E-state index contributed by atoms with van der Waals surface area (Å²) in [5, 5.41) is 0. The minimum absolute atomic E-state index is 0. The van der Waals surface area contributed by atoms with Gasteiger partial charge in [0.1, 0.15) is 12.4 Å². The monoisotopic (exact) mass is 355 g/mol. The molecular formula is C21H35ClFN. The zero-order chi connectivity index (χ0) is 16.4. The maximum absolute atomic E-state index is 13.1. The van der Waals surface area contributed by atoms with Crippen molar-refractivity contribution >= 4 is 0 Å². The van der Waals surface area contributed by atoms with Gasteiger partial charge in [-0.3, -0.25) is 0 Å². The molecule has 138 valence electrons. The van der Waals surface area contributed by atoms with Crippen LogP contribution in [0.25, 0.3) is 0 Å². The Labute approximate surface area is 154 Å². The molecule has 1 aliphatic rings. The van der Waals surface area contributed by atoms with Crippen LogP contribution in [0.1, 0.15) is 76.7 Å². The third kappa shape index (κ3) is 7.53. The van der Waals surface area contributed by atoms with Crippen molar-refractivity contribution in [3.63, 3.8) is 0 Å². The Hall–Kier alpha value is -0.600. The van der Waals surface area contributed by atoms with Gasteiger partial charge in [-0.15, -0.1) is 0 Å². The molecule has 2 rings (SSSR count). The van der Waals surface area contributed by atoms with Crippen molar-refractivity contribution in [2.24, 2.45) is 0 Å². The van der Waals surface area contributed by atoms with Gasteiger partial charge >= 0.3 is 0 Å². The van der Waals surface area contributed by atoms with E-state index in [-0.39, 0.29) is 18.2 Å². The fourth-order valence-corrected chi connectivity index (χ4v) is 4.03. The molecule has 0 bridgehead atoms. The summed E-state index contributed by atoms with van der Waals surface area (Å²) in [6, 6.07) is 7.17. The van der Waals surface area contributed by atoms with Crippen LogP contribution in [0.4, 0.5) is 4.39 Å². The van der Waals surface area contributed by atoms with E-state index in [9.17, 15) is 4.39 Å². The van der Waals surface area contributed by atoms with Gasteiger partial charge in [-0.2, -0.15) is 0 Å². The molecule has 24 heavy (non-hydrogen) atoms. The predicted molar refractivity (Wildman–Crippen MR) is 96.8 cm³/mol.